The molecule has 2 aliphatic heterocycles. The number of anilines is 2. The lowest BCUT2D eigenvalue weighted by atomic mass is 10.1. The van der Waals surface area contributed by atoms with Gasteiger partial charge < -0.3 is 19.9 Å². The SMILES string of the molecule is O=C(Nc1cc(Br)ccc1N1CCOCC1)C1CC(=O)N(CCc2ccccc2)C1. The minimum Gasteiger partial charge on any atom is -0.378 e. The lowest BCUT2D eigenvalue weighted by molar-refractivity contribution is -0.128. The number of likely N-dealkylation sites (tertiary alicyclic amines) is 1. The molecule has 2 aliphatic rings. The number of ether oxygens (including phenoxy) is 1. The summed E-state index contributed by atoms with van der Waals surface area (Å²) in [4.78, 5) is 29.5. The first-order valence-corrected chi connectivity index (χ1v) is 11.1. The zero-order chi connectivity index (χ0) is 20.9. The van der Waals surface area contributed by atoms with Crippen LogP contribution in [0.2, 0.25) is 0 Å². The maximum Gasteiger partial charge on any atom is 0.229 e. The topological polar surface area (TPSA) is 61.9 Å². The van der Waals surface area contributed by atoms with E-state index >= 15 is 0 Å². The minimum atomic E-state index is -0.329. The highest BCUT2D eigenvalue weighted by Gasteiger charge is 2.34. The van der Waals surface area contributed by atoms with Gasteiger partial charge >= 0.3 is 0 Å². The zero-order valence-corrected chi connectivity index (χ0v) is 18.4. The van der Waals surface area contributed by atoms with Gasteiger partial charge in [-0.05, 0) is 30.2 Å². The highest BCUT2D eigenvalue weighted by molar-refractivity contribution is 9.10. The number of carbonyl (C=O) groups excluding carboxylic acids is 2. The van der Waals surface area contributed by atoms with E-state index in [0.717, 1.165) is 35.4 Å². The fourth-order valence-electron chi connectivity index (χ4n) is 4.00. The molecule has 0 saturated carbocycles. The van der Waals surface area contributed by atoms with Gasteiger partial charge in [-0.1, -0.05) is 46.3 Å². The first-order valence-electron chi connectivity index (χ1n) is 10.3. The number of amides is 2. The van der Waals surface area contributed by atoms with E-state index in [-0.39, 0.29) is 24.2 Å². The Morgan fingerprint density at radius 2 is 1.90 bits per heavy atom. The molecule has 0 aromatic heterocycles. The predicted molar refractivity (Wildman–Crippen MR) is 121 cm³/mol. The number of carbonyl (C=O) groups is 2. The average molecular weight is 472 g/mol. The highest BCUT2D eigenvalue weighted by atomic mass is 79.9. The Morgan fingerprint density at radius 3 is 2.67 bits per heavy atom. The molecule has 2 aromatic carbocycles. The summed E-state index contributed by atoms with van der Waals surface area (Å²) < 4.78 is 6.35. The second-order valence-electron chi connectivity index (χ2n) is 7.73. The van der Waals surface area contributed by atoms with E-state index in [2.05, 4.69) is 38.3 Å². The molecule has 6 nitrogen and oxygen atoms in total. The smallest absolute Gasteiger partial charge is 0.229 e. The van der Waals surface area contributed by atoms with Crippen LogP contribution in [0.15, 0.2) is 53.0 Å². The standard InChI is InChI=1S/C23H26BrN3O3/c24-19-6-7-21(26-10-12-30-13-11-26)20(15-19)25-23(29)18-14-22(28)27(16-18)9-8-17-4-2-1-3-5-17/h1-7,15,18H,8-14,16H2,(H,25,29). The molecule has 0 radical (unpaired) electrons. The maximum atomic E-state index is 13.0. The number of benzene rings is 2. The molecule has 2 fully saturated rings. The third kappa shape index (κ3) is 5.02. The van der Waals surface area contributed by atoms with Crippen molar-refractivity contribution in [3.05, 3.63) is 58.6 Å². The molecule has 2 aromatic rings. The number of halogens is 1. The molecular formula is C23H26BrN3O3. The van der Waals surface area contributed by atoms with Crippen LogP contribution >= 0.6 is 15.9 Å². The van der Waals surface area contributed by atoms with Gasteiger partial charge in [0, 0.05) is 37.1 Å². The first-order chi connectivity index (χ1) is 14.6. The quantitative estimate of drug-likeness (QED) is 0.701. The summed E-state index contributed by atoms with van der Waals surface area (Å²) in [6, 6.07) is 16.0. The van der Waals surface area contributed by atoms with Crippen LogP contribution in [-0.4, -0.2) is 56.1 Å². The second-order valence-corrected chi connectivity index (χ2v) is 8.64. The molecule has 158 valence electrons. The summed E-state index contributed by atoms with van der Waals surface area (Å²) >= 11 is 3.50. The van der Waals surface area contributed by atoms with Gasteiger partial charge in [0.1, 0.15) is 0 Å². The number of hydrogen-bond acceptors (Lipinski definition) is 4. The van der Waals surface area contributed by atoms with Gasteiger partial charge in [0.05, 0.1) is 30.5 Å². The normalized spacial score (nSPS) is 19.2. The lowest BCUT2D eigenvalue weighted by Gasteiger charge is -2.30. The van der Waals surface area contributed by atoms with Crippen molar-refractivity contribution >= 4 is 39.1 Å². The molecule has 1 N–H and O–H groups in total. The summed E-state index contributed by atoms with van der Waals surface area (Å²) in [5, 5.41) is 3.08. The fraction of sp³-hybridized carbons (Fsp3) is 0.391. The van der Waals surface area contributed by atoms with Crippen molar-refractivity contribution in [2.75, 3.05) is 49.6 Å². The Balaban J connectivity index is 1.39. The van der Waals surface area contributed by atoms with Crippen LogP contribution in [0.25, 0.3) is 0 Å². The maximum absolute atomic E-state index is 13.0. The van der Waals surface area contributed by atoms with E-state index in [9.17, 15) is 9.59 Å². The van der Waals surface area contributed by atoms with Crippen molar-refractivity contribution in [3.8, 4) is 0 Å². The molecule has 0 aliphatic carbocycles. The first kappa shape index (κ1) is 20.9. The van der Waals surface area contributed by atoms with Crippen LogP contribution in [-0.2, 0) is 20.7 Å². The zero-order valence-electron chi connectivity index (χ0n) is 16.9. The van der Waals surface area contributed by atoms with Crippen molar-refractivity contribution in [1.29, 1.82) is 0 Å². The number of rotatable bonds is 6. The van der Waals surface area contributed by atoms with Gasteiger partial charge in [0.2, 0.25) is 11.8 Å². The van der Waals surface area contributed by atoms with Gasteiger partial charge in [0.15, 0.2) is 0 Å². The van der Waals surface area contributed by atoms with Gasteiger partial charge in [-0.15, -0.1) is 0 Å². The molecule has 2 saturated heterocycles. The summed E-state index contributed by atoms with van der Waals surface area (Å²) in [6.45, 7) is 4.05. The van der Waals surface area contributed by atoms with Crippen LogP contribution < -0.4 is 10.2 Å². The van der Waals surface area contributed by atoms with Gasteiger partial charge in [0.25, 0.3) is 0 Å². The van der Waals surface area contributed by atoms with E-state index < -0.39 is 0 Å². The highest BCUT2D eigenvalue weighted by Crippen LogP contribution is 2.31. The number of nitrogens with one attached hydrogen (secondary N) is 1. The molecule has 0 spiro atoms. The molecule has 4 rings (SSSR count). The van der Waals surface area contributed by atoms with Crippen molar-refractivity contribution < 1.29 is 14.3 Å². The van der Waals surface area contributed by atoms with E-state index in [1.165, 1.54) is 5.56 Å². The second kappa shape index (κ2) is 9.62. The predicted octanol–water partition coefficient (Wildman–Crippen LogP) is 3.32. The van der Waals surface area contributed by atoms with E-state index in [1.54, 1.807) is 4.90 Å². The fourth-order valence-corrected chi connectivity index (χ4v) is 4.36. The summed E-state index contributed by atoms with van der Waals surface area (Å²) in [5.41, 5.74) is 2.95. The largest absolute Gasteiger partial charge is 0.378 e. The van der Waals surface area contributed by atoms with Crippen molar-refractivity contribution in [3.63, 3.8) is 0 Å². The van der Waals surface area contributed by atoms with E-state index in [0.29, 0.717) is 26.3 Å². The third-order valence-electron chi connectivity index (χ3n) is 5.67. The lowest BCUT2D eigenvalue weighted by Crippen LogP contribution is -2.37. The number of hydrogen-bond donors (Lipinski definition) is 1. The molecule has 1 atom stereocenters. The summed E-state index contributed by atoms with van der Waals surface area (Å²) in [5.74, 6) is -0.378. The summed E-state index contributed by atoms with van der Waals surface area (Å²) in [7, 11) is 0. The van der Waals surface area contributed by atoms with Crippen molar-refractivity contribution in [2.24, 2.45) is 5.92 Å². The Morgan fingerprint density at radius 1 is 1.13 bits per heavy atom. The van der Waals surface area contributed by atoms with Crippen molar-refractivity contribution in [1.82, 2.24) is 4.90 Å². The van der Waals surface area contributed by atoms with Crippen LogP contribution in [0.3, 0.4) is 0 Å². The molecule has 30 heavy (non-hydrogen) atoms. The minimum absolute atomic E-state index is 0.0497. The molecule has 7 heteroatoms. The molecule has 1 unspecified atom stereocenters. The number of morpholine rings is 1. The average Bonchev–Trinajstić information content (AvgIpc) is 3.14. The molecule has 2 amide bonds. The number of nitrogens with zero attached hydrogens (tertiary/aromatic N) is 2. The van der Waals surface area contributed by atoms with E-state index in [4.69, 9.17) is 4.74 Å². The van der Waals surface area contributed by atoms with E-state index in [1.807, 2.05) is 36.4 Å². The van der Waals surface area contributed by atoms with Crippen molar-refractivity contribution in [2.45, 2.75) is 12.8 Å². The van der Waals surface area contributed by atoms with Gasteiger partial charge in [-0.2, -0.15) is 0 Å². The Labute approximate surface area is 185 Å². The summed E-state index contributed by atoms with van der Waals surface area (Å²) in [6.07, 6.45) is 1.06. The Hall–Kier alpha value is -2.38. The van der Waals surface area contributed by atoms with Crippen LogP contribution in [0.4, 0.5) is 11.4 Å². The third-order valence-corrected chi connectivity index (χ3v) is 6.16. The Bertz CT molecular complexity index is 900. The van der Waals surface area contributed by atoms with Gasteiger partial charge in [-0.25, -0.2) is 0 Å². The van der Waals surface area contributed by atoms with Gasteiger partial charge in [-0.3, -0.25) is 9.59 Å². The molecule has 2 heterocycles. The van der Waals surface area contributed by atoms with Crippen LogP contribution in [0, 0.1) is 5.92 Å². The molecule has 0 bridgehead atoms. The van der Waals surface area contributed by atoms with Crippen LogP contribution in [0.5, 0.6) is 0 Å². The molecular weight excluding hydrogens is 446 g/mol. The van der Waals surface area contributed by atoms with Crippen LogP contribution in [0.1, 0.15) is 12.0 Å². The monoisotopic (exact) mass is 471 g/mol. The Kier molecular flexibility index (Phi) is 6.69.